The summed E-state index contributed by atoms with van der Waals surface area (Å²) >= 11 is 0. The van der Waals surface area contributed by atoms with Crippen molar-refractivity contribution >= 4 is 5.97 Å². The van der Waals surface area contributed by atoms with Gasteiger partial charge in [-0.15, -0.1) is 0 Å². The summed E-state index contributed by atoms with van der Waals surface area (Å²) in [5.74, 6) is -14.3. The van der Waals surface area contributed by atoms with Crippen LogP contribution in [0.4, 0.5) is 22.0 Å². The molecule has 0 amide bonds. The molecule has 2 atom stereocenters. The minimum atomic E-state index is -2.30. The Morgan fingerprint density at radius 3 is 2.00 bits per heavy atom. The van der Waals surface area contributed by atoms with Crippen LogP contribution in [0.1, 0.15) is 25.7 Å². The summed E-state index contributed by atoms with van der Waals surface area (Å²) < 4.78 is 70.0. The number of rotatable bonds is 2. The fraction of sp³-hybridized carbons (Fsp3) is 0.462. The quantitative estimate of drug-likeness (QED) is 0.300. The Balaban J connectivity index is 2.25. The maximum atomic E-state index is 13.4. The van der Waals surface area contributed by atoms with E-state index in [0.717, 1.165) is 0 Å². The molecular weight excluding hydrogens is 297 g/mol. The molecule has 0 aromatic heterocycles. The maximum absolute atomic E-state index is 13.4. The van der Waals surface area contributed by atoms with Crippen LogP contribution in [-0.4, -0.2) is 12.0 Å². The van der Waals surface area contributed by atoms with Gasteiger partial charge in [0.25, 0.3) is 0 Å². The first-order valence-corrected chi connectivity index (χ1v) is 6.31. The number of benzene rings is 1. The largest absolute Gasteiger partial charge is 0.420 e. The number of carbonyl (C=O) groups is 1. The van der Waals surface area contributed by atoms with Crippen LogP contribution >= 0.6 is 0 Å². The zero-order valence-corrected chi connectivity index (χ0v) is 10.8. The van der Waals surface area contributed by atoms with Gasteiger partial charge in [0, 0.05) is 6.04 Å². The van der Waals surface area contributed by atoms with Gasteiger partial charge in [0.05, 0.1) is 5.92 Å². The fourth-order valence-electron chi connectivity index (χ4n) is 2.30. The highest BCUT2D eigenvalue weighted by molar-refractivity contribution is 5.75. The van der Waals surface area contributed by atoms with E-state index in [1.165, 1.54) is 0 Å². The molecule has 1 aromatic rings. The SMILES string of the molecule is NC1CCCC(C(=O)Oc2c(F)c(F)c(F)c(F)c2F)C1. The zero-order valence-electron chi connectivity index (χ0n) is 10.8. The summed E-state index contributed by atoms with van der Waals surface area (Å²) in [6.07, 6.45) is 1.96. The third-order valence-electron chi connectivity index (χ3n) is 3.42. The molecule has 1 saturated carbocycles. The van der Waals surface area contributed by atoms with E-state index in [0.29, 0.717) is 19.3 Å². The van der Waals surface area contributed by atoms with Crippen molar-refractivity contribution < 1.29 is 31.5 Å². The van der Waals surface area contributed by atoms with Crippen LogP contribution in [0.2, 0.25) is 0 Å². The number of halogens is 5. The summed E-state index contributed by atoms with van der Waals surface area (Å²) in [4.78, 5) is 11.8. The molecule has 1 aliphatic rings. The third kappa shape index (κ3) is 2.99. The first kappa shape index (κ1) is 15.7. The van der Waals surface area contributed by atoms with Crippen molar-refractivity contribution in [1.82, 2.24) is 0 Å². The van der Waals surface area contributed by atoms with E-state index < -0.39 is 46.7 Å². The van der Waals surface area contributed by atoms with E-state index in [1.807, 2.05) is 0 Å². The monoisotopic (exact) mass is 309 g/mol. The van der Waals surface area contributed by atoms with Crippen LogP contribution in [0.15, 0.2) is 0 Å². The molecule has 0 radical (unpaired) electrons. The second-order valence-corrected chi connectivity index (χ2v) is 4.94. The lowest BCUT2D eigenvalue weighted by molar-refractivity contribution is -0.140. The average Bonchev–Trinajstić information content (AvgIpc) is 2.47. The highest BCUT2D eigenvalue weighted by Crippen LogP contribution is 2.31. The average molecular weight is 309 g/mol. The number of ether oxygens (including phenoxy) is 1. The Bertz CT molecular complexity index is 549. The number of hydrogen-bond acceptors (Lipinski definition) is 3. The molecule has 2 unspecified atom stereocenters. The molecule has 1 aliphatic carbocycles. The first-order valence-electron chi connectivity index (χ1n) is 6.31. The fourth-order valence-corrected chi connectivity index (χ4v) is 2.30. The van der Waals surface area contributed by atoms with E-state index in [9.17, 15) is 26.7 Å². The van der Waals surface area contributed by atoms with Crippen molar-refractivity contribution in [2.45, 2.75) is 31.7 Å². The van der Waals surface area contributed by atoms with Crippen LogP contribution in [0.3, 0.4) is 0 Å². The van der Waals surface area contributed by atoms with E-state index >= 15 is 0 Å². The number of carbonyl (C=O) groups excluding carboxylic acids is 1. The Kier molecular flexibility index (Phi) is 4.46. The van der Waals surface area contributed by atoms with Crippen molar-refractivity contribution in [3.63, 3.8) is 0 Å². The van der Waals surface area contributed by atoms with Gasteiger partial charge in [-0.1, -0.05) is 6.42 Å². The van der Waals surface area contributed by atoms with Gasteiger partial charge in [0.1, 0.15) is 0 Å². The maximum Gasteiger partial charge on any atom is 0.314 e. The van der Waals surface area contributed by atoms with Gasteiger partial charge in [0.2, 0.25) is 34.8 Å². The molecule has 0 saturated heterocycles. The lowest BCUT2D eigenvalue weighted by atomic mass is 9.86. The second-order valence-electron chi connectivity index (χ2n) is 4.94. The second kappa shape index (κ2) is 5.97. The molecule has 2 rings (SSSR count). The molecule has 116 valence electrons. The van der Waals surface area contributed by atoms with E-state index in [1.54, 1.807) is 0 Å². The Morgan fingerprint density at radius 2 is 1.48 bits per heavy atom. The van der Waals surface area contributed by atoms with Crippen LogP contribution < -0.4 is 10.5 Å². The molecule has 1 aromatic carbocycles. The molecule has 0 bridgehead atoms. The summed E-state index contributed by atoms with van der Waals surface area (Å²) in [6.45, 7) is 0. The molecule has 21 heavy (non-hydrogen) atoms. The predicted octanol–water partition coefficient (Wildman–Crippen LogP) is 2.81. The number of nitrogens with two attached hydrogens (primary N) is 1. The van der Waals surface area contributed by atoms with Gasteiger partial charge in [-0.2, -0.15) is 8.78 Å². The van der Waals surface area contributed by atoms with Gasteiger partial charge in [0.15, 0.2) is 0 Å². The molecule has 2 N–H and O–H groups in total. The molecular formula is C13H12F5NO2. The minimum Gasteiger partial charge on any atom is -0.420 e. The van der Waals surface area contributed by atoms with E-state index in [2.05, 4.69) is 4.74 Å². The Hall–Kier alpha value is -1.70. The molecule has 0 spiro atoms. The smallest absolute Gasteiger partial charge is 0.314 e. The summed E-state index contributed by atoms with van der Waals surface area (Å²) in [5, 5.41) is 0. The predicted molar refractivity (Wildman–Crippen MR) is 61.8 cm³/mol. The van der Waals surface area contributed by atoms with Crippen molar-refractivity contribution in [3.8, 4) is 5.75 Å². The molecule has 0 heterocycles. The van der Waals surface area contributed by atoms with Crippen molar-refractivity contribution in [1.29, 1.82) is 0 Å². The third-order valence-corrected chi connectivity index (χ3v) is 3.42. The highest BCUT2D eigenvalue weighted by atomic mass is 19.2. The van der Waals surface area contributed by atoms with E-state index in [4.69, 9.17) is 5.73 Å². The van der Waals surface area contributed by atoms with Crippen LogP contribution in [-0.2, 0) is 4.79 Å². The summed E-state index contributed by atoms with van der Waals surface area (Å²) in [5.41, 5.74) is 5.66. The van der Waals surface area contributed by atoms with Crippen molar-refractivity contribution in [3.05, 3.63) is 29.1 Å². The van der Waals surface area contributed by atoms with E-state index in [-0.39, 0.29) is 12.5 Å². The lowest BCUT2D eigenvalue weighted by Gasteiger charge is -2.24. The number of hydrogen-bond donors (Lipinski definition) is 1. The Labute approximate surface area is 116 Å². The summed E-state index contributed by atoms with van der Waals surface area (Å²) in [6, 6.07) is -0.257. The van der Waals surface area contributed by atoms with Gasteiger partial charge in [-0.3, -0.25) is 4.79 Å². The van der Waals surface area contributed by atoms with Crippen LogP contribution in [0.25, 0.3) is 0 Å². The summed E-state index contributed by atoms with van der Waals surface area (Å²) in [7, 11) is 0. The highest BCUT2D eigenvalue weighted by Gasteiger charge is 2.32. The normalized spacial score (nSPS) is 22.2. The van der Waals surface area contributed by atoms with Gasteiger partial charge >= 0.3 is 5.97 Å². The van der Waals surface area contributed by atoms with Gasteiger partial charge < -0.3 is 10.5 Å². The van der Waals surface area contributed by atoms with Crippen molar-refractivity contribution in [2.24, 2.45) is 11.7 Å². The topological polar surface area (TPSA) is 52.3 Å². The molecule has 1 fully saturated rings. The molecule has 0 aliphatic heterocycles. The standard InChI is InChI=1S/C13H12F5NO2/c14-7-8(15)10(17)12(11(18)9(7)16)21-13(20)5-2-1-3-6(19)4-5/h5-6H,1-4,19H2. The van der Waals surface area contributed by atoms with Gasteiger partial charge in [-0.25, -0.2) is 13.2 Å². The lowest BCUT2D eigenvalue weighted by Crippen LogP contribution is -2.33. The van der Waals surface area contributed by atoms with Crippen LogP contribution in [0, 0.1) is 35.0 Å². The van der Waals surface area contributed by atoms with Crippen molar-refractivity contribution in [2.75, 3.05) is 0 Å². The zero-order chi connectivity index (χ0) is 15.7. The minimum absolute atomic E-state index is 0.244. The van der Waals surface area contributed by atoms with Gasteiger partial charge in [-0.05, 0) is 19.3 Å². The molecule has 8 heteroatoms. The number of esters is 1. The van der Waals surface area contributed by atoms with Crippen LogP contribution in [0.5, 0.6) is 5.75 Å². The Morgan fingerprint density at radius 1 is 0.952 bits per heavy atom. The first-order chi connectivity index (χ1) is 9.82. The molecule has 3 nitrogen and oxygen atoms in total.